The van der Waals surface area contributed by atoms with Crippen LogP contribution in [0.1, 0.15) is 12.8 Å². The van der Waals surface area contributed by atoms with Gasteiger partial charge >= 0.3 is 0 Å². The number of rotatable bonds is 8. The van der Waals surface area contributed by atoms with Gasteiger partial charge in [-0.25, -0.2) is 4.39 Å². The summed E-state index contributed by atoms with van der Waals surface area (Å²) in [4.78, 5) is 26.0. The molecule has 2 heterocycles. The maximum Gasteiger partial charge on any atom is 0.288 e. The number of hydrogen-bond acceptors (Lipinski definition) is 7. The van der Waals surface area contributed by atoms with Crippen molar-refractivity contribution < 1.29 is 28.2 Å². The van der Waals surface area contributed by atoms with Gasteiger partial charge in [-0.15, -0.1) is 0 Å². The third-order valence-corrected chi connectivity index (χ3v) is 5.45. The van der Waals surface area contributed by atoms with Crippen LogP contribution in [0.2, 0.25) is 0 Å². The van der Waals surface area contributed by atoms with Crippen molar-refractivity contribution in [2.75, 3.05) is 32.1 Å². The van der Waals surface area contributed by atoms with Crippen LogP contribution in [0.4, 0.5) is 10.1 Å². The lowest BCUT2D eigenvalue weighted by molar-refractivity contribution is -0.127. The second-order valence-corrected chi connectivity index (χ2v) is 7.69. The first-order chi connectivity index (χ1) is 16.1. The van der Waals surface area contributed by atoms with Gasteiger partial charge < -0.3 is 24.8 Å². The van der Waals surface area contributed by atoms with Crippen LogP contribution < -0.4 is 24.8 Å². The lowest BCUT2D eigenvalue weighted by Gasteiger charge is -2.23. The van der Waals surface area contributed by atoms with Crippen molar-refractivity contribution in [2.45, 2.75) is 12.8 Å². The number of anilines is 1. The topological polar surface area (TPSA) is 98.8 Å². The standard InChI is InChI=1S/C24H24FN3O5/c1-31-22-11-17-19(12-23(22)32-14-15-4-7-26-8-5-15)27-9-6-20(17)33-21-3-2-16(10-18(21)25)28-24(30)13-29/h2-3,6,9-13,15,26H,4-5,7-8,14H2,1H3,(H,28,30). The normalized spacial score (nSPS) is 14.0. The molecule has 2 aromatic carbocycles. The molecule has 0 bridgehead atoms. The first-order valence-corrected chi connectivity index (χ1v) is 10.6. The maximum atomic E-state index is 14.5. The van der Waals surface area contributed by atoms with E-state index in [9.17, 15) is 14.0 Å². The molecular formula is C24H24FN3O5. The number of carbonyl (C=O) groups is 2. The van der Waals surface area contributed by atoms with Crippen molar-refractivity contribution >= 4 is 28.8 Å². The number of ether oxygens (including phenoxy) is 3. The van der Waals surface area contributed by atoms with Gasteiger partial charge in [-0.1, -0.05) is 0 Å². The summed E-state index contributed by atoms with van der Waals surface area (Å²) in [5.41, 5.74) is 0.762. The van der Waals surface area contributed by atoms with Gasteiger partial charge in [-0.3, -0.25) is 14.6 Å². The van der Waals surface area contributed by atoms with Gasteiger partial charge in [0.05, 0.1) is 19.2 Å². The zero-order chi connectivity index (χ0) is 23.2. The van der Waals surface area contributed by atoms with Crippen LogP contribution in [0.25, 0.3) is 10.9 Å². The van der Waals surface area contributed by atoms with E-state index in [4.69, 9.17) is 14.2 Å². The molecule has 1 saturated heterocycles. The van der Waals surface area contributed by atoms with Crippen molar-refractivity contribution in [3.05, 3.63) is 48.4 Å². The first-order valence-electron chi connectivity index (χ1n) is 10.6. The summed E-state index contributed by atoms with van der Waals surface area (Å²) in [5.74, 6) is 0.377. The Balaban J connectivity index is 1.57. The fourth-order valence-electron chi connectivity index (χ4n) is 3.70. The number of methoxy groups -OCH3 is 1. The number of benzene rings is 2. The molecule has 0 unspecified atom stereocenters. The molecule has 1 aliphatic heterocycles. The molecule has 2 N–H and O–H groups in total. The zero-order valence-corrected chi connectivity index (χ0v) is 18.1. The SMILES string of the molecule is COc1cc2c(Oc3ccc(NC(=O)C=O)cc3F)ccnc2cc1OCC1CCNCC1. The van der Waals surface area contributed by atoms with Gasteiger partial charge in [0.1, 0.15) is 5.75 Å². The fourth-order valence-corrected chi connectivity index (χ4v) is 3.70. The van der Waals surface area contributed by atoms with E-state index in [0.29, 0.717) is 40.7 Å². The molecule has 172 valence electrons. The van der Waals surface area contributed by atoms with Gasteiger partial charge in [0.2, 0.25) is 6.29 Å². The minimum Gasteiger partial charge on any atom is -0.493 e. The Kier molecular flexibility index (Phi) is 6.99. The lowest BCUT2D eigenvalue weighted by atomic mass is 9.99. The number of amides is 1. The molecule has 1 aromatic heterocycles. The molecule has 0 spiro atoms. The number of piperidine rings is 1. The molecule has 1 amide bonds. The summed E-state index contributed by atoms with van der Waals surface area (Å²) in [5, 5.41) is 6.23. The van der Waals surface area contributed by atoms with Gasteiger partial charge in [-0.2, -0.15) is 0 Å². The fraction of sp³-hybridized carbons (Fsp3) is 0.292. The molecule has 1 fully saturated rings. The number of hydrogen-bond donors (Lipinski definition) is 2. The van der Waals surface area contributed by atoms with E-state index >= 15 is 0 Å². The Hall–Kier alpha value is -3.72. The second kappa shape index (κ2) is 10.3. The Morgan fingerprint density at radius 1 is 1.15 bits per heavy atom. The monoisotopic (exact) mass is 453 g/mol. The number of aromatic nitrogens is 1. The van der Waals surface area contributed by atoms with Crippen LogP contribution in [0, 0.1) is 11.7 Å². The Morgan fingerprint density at radius 2 is 1.97 bits per heavy atom. The maximum absolute atomic E-state index is 14.5. The minimum absolute atomic E-state index is 0.0446. The third kappa shape index (κ3) is 5.38. The summed E-state index contributed by atoms with van der Waals surface area (Å²) in [6.45, 7) is 2.58. The van der Waals surface area contributed by atoms with Gasteiger partial charge in [-0.05, 0) is 56.1 Å². The summed E-state index contributed by atoms with van der Waals surface area (Å²) in [6.07, 6.45) is 3.81. The Labute approximate surface area is 190 Å². The minimum atomic E-state index is -0.867. The first kappa shape index (κ1) is 22.5. The number of aldehydes is 1. The zero-order valence-electron chi connectivity index (χ0n) is 18.1. The smallest absolute Gasteiger partial charge is 0.288 e. The number of nitrogens with one attached hydrogen (secondary N) is 2. The number of pyridine rings is 1. The third-order valence-electron chi connectivity index (χ3n) is 5.45. The van der Waals surface area contributed by atoms with E-state index in [1.165, 1.54) is 12.1 Å². The van der Waals surface area contributed by atoms with Crippen LogP contribution in [-0.4, -0.2) is 44.0 Å². The van der Waals surface area contributed by atoms with Crippen LogP contribution in [0.5, 0.6) is 23.0 Å². The number of halogens is 1. The lowest BCUT2D eigenvalue weighted by Crippen LogP contribution is -2.30. The average Bonchev–Trinajstić information content (AvgIpc) is 2.84. The van der Waals surface area contributed by atoms with Crippen molar-refractivity contribution in [3.8, 4) is 23.0 Å². The molecule has 1 aliphatic rings. The van der Waals surface area contributed by atoms with Crippen molar-refractivity contribution in [1.29, 1.82) is 0 Å². The van der Waals surface area contributed by atoms with Crippen molar-refractivity contribution in [1.82, 2.24) is 10.3 Å². The number of nitrogens with zero attached hydrogens (tertiary/aromatic N) is 1. The van der Waals surface area contributed by atoms with E-state index in [2.05, 4.69) is 15.6 Å². The van der Waals surface area contributed by atoms with Crippen LogP contribution >= 0.6 is 0 Å². The molecule has 0 radical (unpaired) electrons. The molecule has 4 rings (SSSR count). The molecule has 0 atom stereocenters. The highest BCUT2D eigenvalue weighted by Crippen LogP contribution is 2.38. The Bertz CT molecular complexity index is 1160. The Morgan fingerprint density at radius 3 is 2.70 bits per heavy atom. The number of carbonyl (C=O) groups excluding carboxylic acids is 2. The van der Waals surface area contributed by atoms with Crippen molar-refractivity contribution in [3.63, 3.8) is 0 Å². The van der Waals surface area contributed by atoms with Crippen LogP contribution in [0.3, 0.4) is 0 Å². The molecule has 33 heavy (non-hydrogen) atoms. The molecule has 0 saturated carbocycles. The van der Waals surface area contributed by atoms with E-state index in [1.807, 2.05) is 0 Å². The van der Waals surface area contributed by atoms with E-state index in [1.54, 1.807) is 31.5 Å². The predicted molar refractivity (Wildman–Crippen MR) is 121 cm³/mol. The average molecular weight is 453 g/mol. The van der Waals surface area contributed by atoms with Gasteiger partial charge in [0.15, 0.2) is 23.1 Å². The van der Waals surface area contributed by atoms with Gasteiger partial charge in [0.25, 0.3) is 5.91 Å². The van der Waals surface area contributed by atoms with Crippen LogP contribution in [0.15, 0.2) is 42.6 Å². The van der Waals surface area contributed by atoms with E-state index in [-0.39, 0.29) is 17.7 Å². The largest absolute Gasteiger partial charge is 0.493 e. The highest BCUT2D eigenvalue weighted by Gasteiger charge is 2.17. The molecule has 9 heteroatoms. The summed E-state index contributed by atoms with van der Waals surface area (Å²) in [6, 6.07) is 9.06. The van der Waals surface area contributed by atoms with Gasteiger partial charge in [0, 0.05) is 29.4 Å². The second-order valence-electron chi connectivity index (χ2n) is 7.69. The quantitative estimate of drug-likeness (QED) is 0.396. The predicted octanol–water partition coefficient (Wildman–Crippen LogP) is 3.69. The molecule has 3 aromatic rings. The molecule has 8 nitrogen and oxygen atoms in total. The highest BCUT2D eigenvalue weighted by atomic mass is 19.1. The summed E-state index contributed by atoms with van der Waals surface area (Å²) in [7, 11) is 1.56. The summed E-state index contributed by atoms with van der Waals surface area (Å²) < 4.78 is 31.9. The molecule has 0 aliphatic carbocycles. The highest BCUT2D eigenvalue weighted by molar-refractivity contribution is 6.29. The number of fused-ring (bicyclic) bond motifs is 1. The van der Waals surface area contributed by atoms with E-state index in [0.717, 1.165) is 32.0 Å². The van der Waals surface area contributed by atoms with Crippen molar-refractivity contribution in [2.24, 2.45) is 5.92 Å². The summed E-state index contributed by atoms with van der Waals surface area (Å²) >= 11 is 0. The molecular weight excluding hydrogens is 429 g/mol. The van der Waals surface area contributed by atoms with Crippen LogP contribution in [-0.2, 0) is 9.59 Å². The van der Waals surface area contributed by atoms with E-state index < -0.39 is 11.7 Å².